The number of nitriles is 1. The number of nitrogens with two attached hydrogens (primary N) is 1. The fourth-order valence-electron chi connectivity index (χ4n) is 7.33. The Morgan fingerprint density at radius 1 is 1.20 bits per heavy atom. The van der Waals surface area contributed by atoms with Crippen LogP contribution in [0.1, 0.15) is 31.2 Å². The number of fused-ring (bicyclic) bond motifs is 2. The number of benzene rings is 2. The van der Waals surface area contributed by atoms with Crippen molar-refractivity contribution in [2.24, 2.45) is 5.92 Å². The highest BCUT2D eigenvalue weighted by Crippen LogP contribution is 2.53. The average Bonchev–Trinajstić information content (AvgIpc) is 3.23. The molecule has 4 aliphatic rings. The lowest BCUT2D eigenvalue weighted by Crippen LogP contribution is -2.43. The molecule has 2 N–H and O–H groups in total. The summed E-state index contributed by atoms with van der Waals surface area (Å²) >= 11 is 7.74. The van der Waals surface area contributed by atoms with E-state index in [0.29, 0.717) is 13.0 Å². The standard InChI is InChI=1S/C31H26ClF5N6O2S/c32-22-20(16-2-3-18(34)26-19(16)17(10-38)27(39)46-26)23(35)24-21-25(22)44-7-6-42(11-14-8-31(14,36)37)28(21)41-29(40-24)45-13-30-4-1-5-43(30)12-15(33)9-30/h2-3,14-15H,1,4-9,11-13,39H2/t14?,15-,30+/m1/s1. The molecule has 3 fully saturated rings. The summed E-state index contributed by atoms with van der Waals surface area (Å²) in [6, 6.07) is 4.22. The van der Waals surface area contributed by atoms with Crippen molar-refractivity contribution in [3.63, 3.8) is 0 Å². The Hall–Kier alpha value is -3.67. The quantitative estimate of drug-likeness (QED) is 0.225. The van der Waals surface area contributed by atoms with Crippen LogP contribution in [0.2, 0.25) is 5.02 Å². The van der Waals surface area contributed by atoms with Gasteiger partial charge in [-0.05, 0) is 31.0 Å². The van der Waals surface area contributed by atoms with Gasteiger partial charge in [0.15, 0.2) is 11.6 Å². The number of halogens is 6. The van der Waals surface area contributed by atoms with E-state index in [-0.39, 0.29) is 104 Å². The second kappa shape index (κ2) is 10.4. The van der Waals surface area contributed by atoms with Crippen LogP contribution in [0.15, 0.2) is 12.1 Å². The lowest BCUT2D eigenvalue weighted by molar-refractivity contribution is 0.0998. The molecule has 15 heteroatoms. The van der Waals surface area contributed by atoms with Gasteiger partial charge in [-0.15, -0.1) is 11.3 Å². The predicted octanol–water partition coefficient (Wildman–Crippen LogP) is 6.71. The number of rotatable bonds is 6. The van der Waals surface area contributed by atoms with Crippen molar-refractivity contribution < 1.29 is 31.4 Å². The molecule has 1 saturated carbocycles. The molecule has 0 bridgehead atoms. The van der Waals surface area contributed by atoms with E-state index >= 15 is 4.39 Å². The molecular formula is C31H26ClF5N6O2S. The van der Waals surface area contributed by atoms with Gasteiger partial charge >= 0.3 is 6.01 Å². The lowest BCUT2D eigenvalue weighted by atomic mass is 9.95. The molecule has 2 aromatic carbocycles. The lowest BCUT2D eigenvalue weighted by Gasteiger charge is -2.31. The molecule has 3 aliphatic heterocycles. The third-order valence-electron chi connectivity index (χ3n) is 9.68. The van der Waals surface area contributed by atoms with E-state index in [2.05, 4.69) is 14.9 Å². The van der Waals surface area contributed by atoms with Crippen LogP contribution in [-0.2, 0) is 0 Å². The maximum Gasteiger partial charge on any atom is 0.319 e. The minimum atomic E-state index is -2.82. The molecule has 8 rings (SSSR count). The first-order valence-corrected chi connectivity index (χ1v) is 16.1. The van der Waals surface area contributed by atoms with Crippen molar-refractivity contribution in [3.05, 3.63) is 34.4 Å². The molecule has 46 heavy (non-hydrogen) atoms. The van der Waals surface area contributed by atoms with Crippen LogP contribution in [0.5, 0.6) is 11.8 Å². The van der Waals surface area contributed by atoms with Crippen LogP contribution in [-0.4, -0.2) is 71.9 Å². The largest absolute Gasteiger partial charge is 0.489 e. The first kappa shape index (κ1) is 29.7. The van der Waals surface area contributed by atoms with Crippen LogP contribution >= 0.6 is 22.9 Å². The van der Waals surface area contributed by atoms with Gasteiger partial charge in [0.25, 0.3) is 5.92 Å². The van der Waals surface area contributed by atoms with Gasteiger partial charge in [-0.2, -0.15) is 15.2 Å². The van der Waals surface area contributed by atoms with Crippen molar-refractivity contribution in [3.8, 4) is 29.0 Å². The third-order valence-corrected chi connectivity index (χ3v) is 11.1. The number of ether oxygens (including phenoxy) is 2. The summed E-state index contributed by atoms with van der Waals surface area (Å²) in [5.41, 5.74) is 5.12. The molecule has 0 radical (unpaired) electrons. The highest BCUT2D eigenvalue weighted by Gasteiger charge is 2.57. The summed E-state index contributed by atoms with van der Waals surface area (Å²) in [7, 11) is 0. The molecule has 1 aliphatic carbocycles. The Labute approximate surface area is 268 Å². The van der Waals surface area contributed by atoms with E-state index in [0.717, 1.165) is 30.4 Å². The van der Waals surface area contributed by atoms with Crippen molar-refractivity contribution in [2.75, 3.05) is 50.0 Å². The highest BCUT2D eigenvalue weighted by molar-refractivity contribution is 7.23. The molecule has 2 saturated heterocycles. The number of nitrogens with zero attached hydrogens (tertiary/aromatic N) is 5. The number of alkyl halides is 3. The van der Waals surface area contributed by atoms with E-state index in [4.69, 9.17) is 26.8 Å². The average molecular weight is 677 g/mol. The maximum atomic E-state index is 17.0. The molecule has 0 spiro atoms. The molecule has 0 amide bonds. The second-order valence-electron chi connectivity index (χ2n) is 12.5. The van der Waals surface area contributed by atoms with Crippen molar-refractivity contribution in [1.29, 1.82) is 5.26 Å². The maximum absolute atomic E-state index is 17.0. The van der Waals surface area contributed by atoms with Gasteiger partial charge in [0, 0.05) is 42.8 Å². The van der Waals surface area contributed by atoms with Crippen molar-refractivity contribution in [2.45, 2.75) is 43.3 Å². The SMILES string of the molecule is N#Cc1c(N)sc2c(F)ccc(-c3c(Cl)c4c5c(nc(OC[C@@]67CCCN6C[C@H](F)C7)nc5c3F)N(CC3CC3(F)F)CCO4)c12. The van der Waals surface area contributed by atoms with Gasteiger partial charge in [0.1, 0.15) is 47.6 Å². The first-order chi connectivity index (χ1) is 22.0. The zero-order valence-electron chi connectivity index (χ0n) is 24.2. The molecular weight excluding hydrogens is 651 g/mol. The molecule has 240 valence electrons. The fourth-order valence-corrected chi connectivity index (χ4v) is 8.61. The van der Waals surface area contributed by atoms with Gasteiger partial charge < -0.3 is 20.1 Å². The molecule has 3 atom stereocenters. The minimum absolute atomic E-state index is 0.00830. The summed E-state index contributed by atoms with van der Waals surface area (Å²) in [4.78, 5) is 12.7. The van der Waals surface area contributed by atoms with Gasteiger partial charge in [-0.25, -0.2) is 22.0 Å². The molecule has 4 aromatic rings. The Kier molecular flexibility index (Phi) is 6.73. The van der Waals surface area contributed by atoms with Crippen LogP contribution < -0.4 is 20.1 Å². The topological polar surface area (TPSA) is 101 Å². The summed E-state index contributed by atoms with van der Waals surface area (Å²) in [5.74, 6) is -5.16. The predicted molar refractivity (Wildman–Crippen MR) is 164 cm³/mol. The van der Waals surface area contributed by atoms with Gasteiger partial charge in [-0.1, -0.05) is 17.7 Å². The van der Waals surface area contributed by atoms with E-state index < -0.39 is 35.2 Å². The molecule has 8 nitrogen and oxygen atoms in total. The summed E-state index contributed by atoms with van der Waals surface area (Å²) < 4.78 is 86.6. The zero-order chi connectivity index (χ0) is 32.1. The fraction of sp³-hybridized carbons (Fsp3) is 0.452. The Bertz CT molecular complexity index is 1990. The summed E-state index contributed by atoms with van der Waals surface area (Å²) in [5, 5.41) is 9.91. The third kappa shape index (κ3) is 4.46. The summed E-state index contributed by atoms with van der Waals surface area (Å²) in [6.07, 6.45) is 0.602. The number of thiophene rings is 1. The van der Waals surface area contributed by atoms with Crippen LogP contribution in [0.4, 0.5) is 32.8 Å². The van der Waals surface area contributed by atoms with Crippen molar-refractivity contribution >= 4 is 54.7 Å². The molecule has 5 heterocycles. The zero-order valence-corrected chi connectivity index (χ0v) is 25.8. The number of aromatic nitrogens is 2. The van der Waals surface area contributed by atoms with Gasteiger partial charge in [-0.3, -0.25) is 4.90 Å². The second-order valence-corrected chi connectivity index (χ2v) is 13.9. The summed E-state index contributed by atoms with van der Waals surface area (Å²) in [6.45, 7) is 1.18. The number of hydrogen-bond donors (Lipinski definition) is 1. The monoisotopic (exact) mass is 676 g/mol. The van der Waals surface area contributed by atoms with E-state index in [1.807, 2.05) is 6.07 Å². The Morgan fingerprint density at radius 3 is 2.76 bits per heavy atom. The number of hydrogen-bond acceptors (Lipinski definition) is 9. The Morgan fingerprint density at radius 2 is 2.00 bits per heavy atom. The van der Waals surface area contributed by atoms with Crippen LogP contribution in [0.3, 0.4) is 0 Å². The normalized spacial score (nSPS) is 25.0. The first-order valence-electron chi connectivity index (χ1n) is 14.9. The molecule has 2 aromatic heterocycles. The van der Waals surface area contributed by atoms with Gasteiger partial charge in [0.2, 0.25) is 0 Å². The molecule has 1 unspecified atom stereocenters. The minimum Gasteiger partial charge on any atom is -0.489 e. The van der Waals surface area contributed by atoms with Crippen LogP contribution in [0, 0.1) is 28.9 Å². The van der Waals surface area contributed by atoms with Gasteiger partial charge in [0.05, 0.1) is 32.8 Å². The smallest absolute Gasteiger partial charge is 0.319 e. The van der Waals surface area contributed by atoms with E-state index in [1.54, 1.807) is 4.90 Å². The number of anilines is 2. The van der Waals surface area contributed by atoms with E-state index in [1.165, 1.54) is 6.07 Å². The van der Waals surface area contributed by atoms with Crippen LogP contribution in [0.25, 0.3) is 32.1 Å². The van der Waals surface area contributed by atoms with E-state index in [9.17, 15) is 22.8 Å². The Balaban J connectivity index is 1.32. The highest BCUT2D eigenvalue weighted by atomic mass is 35.5. The van der Waals surface area contributed by atoms with Crippen molar-refractivity contribution in [1.82, 2.24) is 14.9 Å². The number of nitrogen functional groups attached to an aromatic ring is 1.